The molecule has 0 heterocycles. The predicted molar refractivity (Wildman–Crippen MR) is 418 cm³/mol. The van der Waals surface area contributed by atoms with Gasteiger partial charge in [-0.1, -0.05) is 376 Å². The molecule has 0 aromatic heterocycles. The van der Waals surface area contributed by atoms with E-state index >= 15 is 0 Å². The highest BCUT2D eigenvalue weighted by Gasteiger charge is 2.30. The Bertz CT molecular complexity index is 1990. The van der Waals surface area contributed by atoms with Crippen LogP contribution in [0.1, 0.15) is 428 Å². The maximum absolute atomic E-state index is 13.1. The Kier molecular flexibility index (Phi) is 70.6. The average Bonchev–Trinajstić information content (AvgIpc) is 0.913. The molecule has 0 aliphatic heterocycles. The fourth-order valence-corrected chi connectivity index (χ4v) is 14.4. The summed E-state index contributed by atoms with van der Waals surface area (Å²) in [6, 6.07) is 0. The molecule has 5 atom stereocenters. The summed E-state index contributed by atoms with van der Waals surface area (Å²) in [5.74, 6) is 0.977. The van der Waals surface area contributed by atoms with Crippen LogP contribution in [0.5, 0.6) is 0 Å². The summed E-state index contributed by atoms with van der Waals surface area (Å²) in [6.07, 6.45) is 59.8. The third kappa shape index (κ3) is 76.3. The Labute approximate surface area is 626 Å². The van der Waals surface area contributed by atoms with Crippen LogP contribution in [-0.2, 0) is 65.4 Å². The summed E-state index contributed by atoms with van der Waals surface area (Å²) in [5.41, 5.74) is 0. The fourth-order valence-electron chi connectivity index (χ4n) is 12.8. The third-order valence-electron chi connectivity index (χ3n) is 19.3. The summed E-state index contributed by atoms with van der Waals surface area (Å²) in [6.45, 7) is 14.3. The van der Waals surface area contributed by atoms with E-state index in [9.17, 15) is 43.2 Å². The molecule has 0 aliphatic rings. The van der Waals surface area contributed by atoms with Crippen LogP contribution in [0.15, 0.2) is 0 Å². The van der Waals surface area contributed by atoms with Crippen LogP contribution in [0.2, 0.25) is 0 Å². The van der Waals surface area contributed by atoms with Gasteiger partial charge in [-0.2, -0.15) is 0 Å². The van der Waals surface area contributed by atoms with Crippen molar-refractivity contribution in [3.05, 3.63) is 0 Å². The summed E-state index contributed by atoms with van der Waals surface area (Å²) in [4.78, 5) is 73.1. The van der Waals surface area contributed by atoms with Crippen molar-refractivity contribution in [1.29, 1.82) is 0 Å². The number of hydrogen-bond acceptors (Lipinski definition) is 15. The molecule has 0 saturated carbocycles. The highest BCUT2D eigenvalue weighted by atomic mass is 31.2. The standard InChI is InChI=1S/C83H162O17P2/c1-73(2)59-51-43-35-28-22-17-13-11-9-10-12-14-20-26-32-40-49-57-65-82(87)100-79(70-94-81(86)64-56-48-42-34-38-46-54-62-76(7)8)72-98-102(91,92)96-68-77(84)67-95-101(89,90)97-71-78(99-83(88)66-58-50-41-33-27-21-24-30-37-45-53-61-75(5)6)69-93-80(85)63-55-47-39-31-25-19-16-15-18-23-29-36-44-52-60-74(3)4/h73-79,84H,9-72H2,1-8H3,(H,89,90)(H,91,92)/t77?,78-,79-/m1/s1. The van der Waals surface area contributed by atoms with Gasteiger partial charge in [-0.3, -0.25) is 37.3 Å². The van der Waals surface area contributed by atoms with Crippen LogP contribution < -0.4 is 0 Å². The first kappa shape index (κ1) is 100. The van der Waals surface area contributed by atoms with Gasteiger partial charge in [0.05, 0.1) is 26.4 Å². The lowest BCUT2D eigenvalue weighted by Gasteiger charge is -2.21. The Hall–Kier alpha value is -1.94. The first-order valence-electron chi connectivity index (χ1n) is 42.7. The van der Waals surface area contributed by atoms with E-state index in [0.717, 1.165) is 114 Å². The molecule has 606 valence electrons. The quantitative estimate of drug-likeness (QED) is 0.0222. The number of carbonyl (C=O) groups excluding carboxylic acids is 4. The van der Waals surface area contributed by atoms with E-state index in [2.05, 4.69) is 55.4 Å². The molecule has 102 heavy (non-hydrogen) atoms. The molecule has 17 nitrogen and oxygen atoms in total. The number of aliphatic hydroxyl groups is 1. The molecule has 3 N–H and O–H groups in total. The molecular formula is C83H162O17P2. The zero-order valence-electron chi connectivity index (χ0n) is 67.2. The highest BCUT2D eigenvalue weighted by molar-refractivity contribution is 7.47. The highest BCUT2D eigenvalue weighted by Crippen LogP contribution is 2.45. The number of aliphatic hydroxyl groups excluding tert-OH is 1. The number of hydrogen-bond donors (Lipinski definition) is 3. The zero-order valence-corrected chi connectivity index (χ0v) is 69.0. The normalized spacial score (nSPS) is 14.0. The fraction of sp³-hybridized carbons (Fsp3) is 0.952. The van der Waals surface area contributed by atoms with Crippen LogP contribution in [0, 0.1) is 23.7 Å². The summed E-state index contributed by atoms with van der Waals surface area (Å²) >= 11 is 0. The molecule has 0 aromatic rings. The molecule has 0 fully saturated rings. The lowest BCUT2D eigenvalue weighted by Crippen LogP contribution is -2.30. The van der Waals surface area contributed by atoms with Crippen LogP contribution >= 0.6 is 15.6 Å². The van der Waals surface area contributed by atoms with Gasteiger partial charge in [-0.15, -0.1) is 0 Å². The Balaban J connectivity index is 5.20. The van der Waals surface area contributed by atoms with E-state index < -0.39 is 97.5 Å². The van der Waals surface area contributed by atoms with Crippen LogP contribution in [0.25, 0.3) is 0 Å². The van der Waals surface area contributed by atoms with E-state index in [1.807, 2.05) is 0 Å². The molecule has 0 rings (SSSR count). The lowest BCUT2D eigenvalue weighted by molar-refractivity contribution is -0.161. The number of esters is 4. The second kappa shape index (κ2) is 72.0. The summed E-state index contributed by atoms with van der Waals surface area (Å²) in [5, 5.41) is 10.7. The number of rotatable bonds is 80. The van der Waals surface area contributed by atoms with Gasteiger partial charge in [0.15, 0.2) is 12.2 Å². The molecule has 0 bridgehead atoms. The number of phosphoric ester groups is 2. The third-order valence-corrected chi connectivity index (χ3v) is 21.2. The van der Waals surface area contributed by atoms with Gasteiger partial charge in [0.1, 0.15) is 19.3 Å². The predicted octanol–water partition coefficient (Wildman–Crippen LogP) is 24.8. The van der Waals surface area contributed by atoms with Gasteiger partial charge in [-0.05, 0) is 49.4 Å². The van der Waals surface area contributed by atoms with E-state index in [1.54, 1.807) is 0 Å². The van der Waals surface area contributed by atoms with Gasteiger partial charge in [0.2, 0.25) is 0 Å². The second-order valence-electron chi connectivity index (χ2n) is 31.8. The largest absolute Gasteiger partial charge is 0.472 e. The minimum absolute atomic E-state index is 0.106. The zero-order chi connectivity index (χ0) is 75.3. The molecule has 0 aromatic carbocycles. The molecule has 0 spiro atoms. The van der Waals surface area contributed by atoms with Gasteiger partial charge >= 0.3 is 39.5 Å². The minimum atomic E-state index is -4.96. The Morgan fingerprint density at radius 3 is 0.608 bits per heavy atom. The van der Waals surface area contributed by atoms with Gasteiger partial charge in [0.25, 0.3) is 0 Å². The van der Waals surface area contributed by atoms with Gasteiger partial charge in [0, 0.05) is 25.7 Å². The maximum Gasteiger partial charge on any atom is 0.472 e. The van der Waals surface area contributed by atoms with Gasteiger partial charge < -0.3 is 33.8 Å². The van der Waals surface area contributed by atoms with E-state index in [-0.39, 0.29) is 25.7 Å². The summed E-state index contributed by atoms with van der Waals surface area (Å²) in [7, 11) is -9.92. The number of unbranched alkanes of at least 4 members (excludes halogenated alkanes) is 46. The topological polar surface area (TPSA) is 237 Å². The average molecular weight is 1490 g/mol. The molecule has 0 saturated heterocycles. The van der Waals surface area contributed by atoms with Gasteiger partial charge in [-0.25, -0.2) is 9.13 Å². The molecule has 0 aliphatic carbocycles. The van der Waals surface area contributed by atoms with Crippen molar-refractivity contribution in [1.82, 2.24) is 0 Å². The van der Waals surface area contributed by atoms with Crippen LogP contribution in [0.3, 0.4) is 0 Å². The van der Waals surface area contributed by atoms with Crippen molar-refractivity contribution in [3.63, 3.8) is 0 Å². The Morgan fingerprint density at radius 1 is 0.245 bits per heavy atom. The molecule has 0 radical (unpaired) electrons. The maximum atomic E-state index is 13.1. The van der Waals surface area contributed by atoms with Crippen molar-refractivity contribution < 1.29 is 80.2 Å². The smallest absolute Gasteiger partial charge is 0.462 e. The van der Waals surface area contributed by atoms with Crippen molar-refractivity contribution in [2.75, 3.05) is 39.6 Å². The number of ether oxygens (including phenoxy) is 4. The Morgan fingerprint density at radius 2 is 0.412 bits per heavy atom. The van der Waals surface area contributed by atoms with Crippen molar-refractivity contribution in [2.45, 2.75) is 446 Å². The minimum Gasteiger partial charge on any atom is -0.462 e. The number of carbonyl (C=O) groups is 4. The van der Waals surface area contributed by atoms with Crippen LogP contribution in [0.4, 0.5) is 0 Å². The van der Waals surface area contributed by atoms with Crippen LogP contribution in [-0.4, -0.2) is 96.7 Å². The monoisotopic (exact) mass is 1490 g/mol. The van der Waals surface area contributed by atoms with E-state index in [4.69, 9.17) is 37.0 Å². The first-order valence-corrected chi connectivity index (χ1v) is 45.7. The van der Waals surface area contributed by atoms with Crippen molar-refractivity contribution >= 4 is 39.5 Å². The van der Waals surface area contributed by atoms with E-state index in [1.165, 1.54) is 225 Å². The van der Waals surface area contributed by atoms with Crippen molar-refractivity contribution in [2.24, 2.45) is 23.7 Å². The van der Waals surface area contributed by atoms with E-state index in [0.29, 0.717) is 31.6 Å². The first-order chi connectivity index (χ1) is 49.1. The molecule has 3 unspecified atom stereocenters. The number of phosphoric acid groups is 2. The second-order valence-corrected chi connectivity index (χ2v) is 34.7. The summed E-state index contributed by atoms with van der Waals surface area (Å²) < 4.78 is 68.8. The van der Waals surface area contributed by atoms with Crippen molar-refractivity contribution in [3.8, 4) is 0 Å². The molecule has 0 amide bonds. The molecular weight excluding hydrogens is 1330 g/mol. The molecule has 19 heteroatoms. The lowest BCUT2D eigenvalue weighted by atomic mass is 10.0. The SMILES string of the molecule is CC(C)CCCCCCCCCCCCCCCCCCCCC(=O)O[C@H](COC(=O)CCCCCCCCCC(C)C)COP(=O)(O)OCC(O)COP(=O)(O)OC[C@@H](COC(=O)CCCCCCCCCCCCCCCCC(C)C)OC(=O)CCCCCCCCCCCCCC(C)C.